The van der Waals surface area contributed by atoms with E-state index in [1.54, 1.807) is 11.3 Å². The lowest BCUT2D eigenvalue weighted by Crippen LogP contribution is -2.43. The van der Waals surface area contributed by atoms with E-state index in [-0.39, 0.29) is 17.9 Å². The maximum absolute atomic E-state index is 6.60. The quantitative estimate of drug-likeness (QED) is 0.277. The number of fused-ring (bicyclic) bond motifs is 1. The monoisotopic (exact) mass is 543 g/mol. The fourth-order valence-corrected chi connectivity index (χ4v) is 6.05. The zero-order valence-electron chi connectivity index (χ0n) is 21.0. The van der Waals surface area contributed by atoms with E-state index in [0.717, 1.165) is 78.6 Å². The van der Waals surface area contributed by atoms with Gasteiger partial charge in [-0.2, -0.15) is 11.3 Å². The number of thiophene rings is 1. The van der Waals surface area contributed by atoms with Gasteiger partial charge in [-0.05, 0) is 72.7 Å². The van der Waals surface area contributed by atoms with Gasteiger partial charge in [-0.3, -0.25) is 4.57 Å². The molecule has 1 saturated heterocycles. The topological polar surface area (TPSA) is 69.2 Å². The van der Waals surface area contributed by atoms with E-state index in [4.69, 9.17) is 20.4 Å². The fraction of sp³-hybridized carbons (Fsp3) is 0.267. The van der Waals surface area contributed by atoms with Crippen molar-refractivity contribution >= 4 is 40.6 Å². The highest BCUT2D eigenvalue weighted by Gasteiger charge is 2.34. The Hall–Kier alpha value is -3.23. The van der Waals surface area contributed by atoms with Crippen LogP contribution in [0.3, 0.4) is 0 Å². The predicted molar refractivity (Wildman–Crippen MR) is 158 cm³/mol. The molecule has 0 amide bonds. The summed E-state index contributed by atoms with van der Waals surface area (Å²) in [6, 6.07) is 23.6. The molecule has 1 aliphatic carbocycles. The predicted octanol–water partition coefficient (Wildman–Crippen LogP) is 6.41. The third kappa shape index (κ3) is 4.39. The first-order valence-corrected chi connectivity index (χ1v) is 13.9. The first-order chi connectivity index (χ1) is 18.2. The van der Waals surface area contributed by atoms with Crippen LogP contribution in [0.15, 0.2) is 77.5 Å². The molecule has 2 aromatic carbocycles. The number of nitrogens with zero attached hydrogens (tertiary/aromatic N) is 4. The van der Waals surface area contributed by atoms with Gasteiger partial charge in [0.2, 0.25) is 0 Å². The number of nitrogens with two attached hydrogens (primary N) is 1. The first kappa shape index (κ1) is 25.1. The number of hydrogen-bond donors (Lipinski definition) is 1. The lowest BCUT2D eigenvalue weighted by molar-refractivity contribution is 0.122. The number of imidazole rings is 1. The van der Waals surface area contributed by atoms with Crippen molar-refractivity contribution in [2.75, 3.05) is 31.2 Å². The molecule has 194 valence electrons. The van der Waals surface area contributed by atoms with Crippen molar-refractivity contribution in [2.24, 2.45) is 5.73 Å². The number of anilines is 1. The molecule has 1 saturated carbocycles. The van der Waals surface area contributed by atoms with E-state index < -0.39 is 0 Å². The van der Waals surface area contributed by atoms with E-state index >= 15 is 0 Å². The number of pyridine rings is 1. The largest absolute Gasteiger partial charge is 0.378 e. The molecule has 0 bridgehead atoms. The van der Waals surface area contributed by atoms with Gasteiger partial charge in [0.1, 0.15) is 11.3 Å². The van der Waals surface area contributed by atoms with Gasteiger partial charge in [-0.15, -0.1) is 12.4 Å². The molecule has 2 fully saturated rings. The number of aromatic nitrogens is 3. The van der Waals surface area contributed by atoms with Crippen LogP contribution in [0.5, 0.6) is 0 Å². The Morgan fingerprint density at radius 2 is 1.68 bits per heavy atom. The smallest absolute Gasteiger partial charge is 0.165 e. The van der Waals surface area contributed by atoms with Crippen LogP contribution < -0.4 is 10.6 Å². The SMILES string of the molecule is Cl.NC1(c2ccc(-n3c(-c4ccsc4)nc4ccc(-c5cccc(N6CCOCC6)c5)nc43)cc2)CCC1. The van der Waals surface area contributed by atoms with Crippen molar-refractivity contribution in [3.05, 3.63) is 83.1 Å². The average Bonchev–Trinajstić information content (AvgIpc) is 3.60. The van der Waals surface area contributed by atoms with Crippen LogP contribution in [0.4, 0.5) is 5.69 Å². The first-order valence-electron chi connectivity index (χ1n) is 12.9. The molecule has 1 aliphatic heterocycles. The van der Waals surface area contributed by atoms with E-state index in [9.17, 15) is 0 Å². The molecule has 2 N–H and O–H groups in total. The molecule has 4 heterocycles. The van der Waals surface area contributed by atoms with Gasteiger partial charge in [0, 0.05) is 46.5 Å². The van der Waals surface area contributed by atoms with Crippen molar-refractivity contribution in [1.82, 2.24) is 14.5 Å². The summed E-state index contributed by atoms with van der Waals surface area (Å²) in [6.45, 7) is 3.35. The third-order valence-corrected chi connectivity index (χ3v) is 8.43. The Morgan fingerprint density at radius 3 is 2.39 bits per heavy atom. The van der Waals surface area contributed by atoms with Gasteiger partial charge in [-0.25, -0.2) is 9.97 Å². The summed E-state index contributed by atoms with van der Waals surface area (Å²) in [7, 11) is 0. The van der Waals surface area contributed by atoms with Crippen LogP contribution >= 0.6 is 23.7 Å². The second-order valence-corrected chi connectivity index (χ2v) is 10.8. The Bertz CT molecular complexity index is 1550. The van der Waals surface area contributed by atoms with Gasteiger partial charge in [0.25, 0.3) is 0 Å². The molecule has 8 heteroatoms. The van der Waals surface area contributed by atoms with Crippen molar-refractivity contribution in [2.45, 2.75) is 24.8 Å². The van der Waals surface area contributed by atoms with E-state index in [1.165, 1.54) is 17.7 Å². The minimum Gasteiger partial charge on any atom is -0.378 e. The summed E-state index contributed by atoms with van der Waals surface area (Å²) >= 11 is 1.68. The fourth-order valence-electron chi connectivity index (χ4n) is 5.42. The Balaban J connectivity index is 0.00000264. The second kappa shape index (κ2) is 10.2. The van der Waals surface area contributed by atoms with Crippen molar-refractivity contribution in [3.8, 4) is 28.3 Å². The lowest BCUT2D eigenvalue weighted by atomic mass is 9.73. The standard InChI is InChI=1S/C30H29N5OS.ClH/c31-30(12-2-13-30)23-5-7-24(8-6-23)35-28(22-11-18-37-20-22)33-27-10-9-26(32-29(27)35)21-3-1-4-25(19-21)34-14-16-36-17-15-34;/h1,3-11,18-20H,2,12-17,31H2;1H. The number of halogens is 1. The van der Waals surface area contributed by atoms with Gasteiger partial charge in [0.05, 0.1) is 18.9 Å². The molecule has 38 heavy (non-hydrogen) atoms. The molecular weight excluding hydrogens is 514 g/mol. The number of benzene rings is 2. The molecule has 0 unspecified atom stereocenters. The molecular formula is C30H30ClN5OS. The highest BCUT2D eigenvalue weighted by molar-refractivity contribution is 7.08. The molecule has 2 aliphatic rings. The molecule has 7 rings (SSSR count). The number of morpholine rings is 1. The molecule has 0 radical (unpaired) electrons. The van der Waals surface area contributed by atoms with Gasteiger partial charge >= 0.3 is 0 Å². The highest BCUT2D eigenvalue weighted by atomic mass is 35.5. The van der Waals surface area contributed by atoms with Crippen molar-refractivity contribution in [1.29, 1.82) is 0 Å². The minimum atomic E-state index is -0.178. The summed E-state index contributed by atoms with van der Waals surface area (Å²) in [5.41, 5.74) is 14.7. The van der Waals surface area contributed by atoms with Gasteiger partial charge < -0.3 is 15.4 Å². The van der Waals surface area contributed by atoms with Crippen LogP contribution in [-0.2, 0) is 10.3 Å². The highest BCUT2D eigenvalue weighted by Crippen LogP contribution is 2.39. The maximum Gasteiger partial charge on any atom is 0.165 e. The minimum absolute atomic E-state index is 0. The summed E-state index contributed by atoms with van der Waals surface area (Å²) in [5.74, 6) is 0.904. The lowest BCUT2D eigenvalue weighted by Gasteiger charge is -2.38. The zero-order valence-corrected chi connectivity index (χ0v) is 22.7. The third-order valence-electron chi connectivity index (χ3n) is 7.75. The molecule has 6 nitrogen and oxygen atoms in total. The zero-order chi connectivity index (χ0) is 24.8. The van der Waals surface area contributed by atoms with Crippen LogP contribution in [0.25, 0.3) is 39.5 Å². The number of ether oxygens (including phenoxy) is 1. The second-order valence-electron chi connectivity index (χ2n) is 10.0. The van der Waals surface area contributed by atoms with Gasteiger partial charge in [0.15, 0.2) is 5.65 Å². The Labute approximate surface area is 232 Å². The van der Waals surface area contributed by atoms with E-state index in [2.05, 4.69) is 87.0 Å². The number of rotatable bonds is 5. The van der Waals surface area contributed by atoms with Crippen LogP contribution in [-0.4, -0.2) is 40.8 Å². The van der Waals surface area contributed by atoms with Crippen LogP contribution in [0, 0.1) is 0 Å². The summed E-state index contributed by atoms with van der Waals surface area (Å²) in [5, 5.41) is 4.23. The van der Waals surface area contributed by atoms with Crippen LogP contribution in [0.1, 0.15) is 24.8 Å². The Morgan fingerprint density at radius 1 is 0.868 bits per heavy atom. The molecule has 3 aromatic heterocycles. The summed E-state index contributed by atoms with van der Waals surface area (Å²) in [4.78, 5) is 12.6. The van der Waals surface area contributed by atoms with E-state index in [0.29, 0.717) is 0 Å². The molecule has 0 atom stereocenters. The van der Waals surface area contributed by atoms with Gasteiger partial charge in [-0.1, -0.05) is 24.3 Å². The normalized spacial score (nSPS) is 16.7. The van der Waals surface area contributed by atoms with Crippen molar-refractivity contribution < 1.29 is 4.74 Å². The Kier molecular flexibility index (Phi) is 6.70. The van der Waals surface area contributed by atoms with Crippen molar-refractivity contribution in [3.63, 3.8) is 0 Å². The average molecular weight is 544 g/mol. The summed E-state index contributed by atoms with van der Waals surface area (Å²) < 4.78 is 7.72. The summed E-state index contributed by atoms with van der Waals surface area (Å²) in [6.07, 6.45) is 3.30. The van der Waals surface area contributed by atoms with E-state index in [1.807, 2.05) is 0 Å². The molecule has 5 aromatic rings. The number of hydrogen-bond acceptors (Lipinski definition) is 6. The molecule has 0 spiro atoms. The van der Waals surface area contributed by atoms with Crippen LogP contribution in [0.2, 0.25) is 0 Å². The maximum atomic E-state index is 6.60.